The Balaban J connectivity index is 2.51. The summed E-state index contributed by atoms with van der Waals surface area (Å²) in [5.41, 5.74) is 0. The third-order valence-electron chi connectivity index (χ3n) is 2.83. The zero-order valence-corrected chi connectivity index (χ0v) is 12.3. The standard InChI is InChI=1S/C14H18ClNO4/c1-3-16(8-10(2)14(18)19)13(17)9-20-12-6-4-11(15)5-7-12/h4-7,10H,3,8-9H2,1-2H3,(H,18,19). The molecule has 1 unspecified atom stereocenters. The Bertz CT molecular complexity index is 461. The predicted molar refractivity (Wildman–Crippen MR) is 76.0 cm³/mol. The first-order valence-electron chi connectivity index (χ1n) is 6.33. The highest BCUT2D eigenvalue weighted by Gasteiger charge is 2.19. The van der Waals surface area contributed by atoms with E-state index >= 15 is 0 Å². The number of hydrogen-bond donors (Lipinski definition) is 1. The van der Waals surface area contributed by atoms with E-state index in [0.29, 0.717) is 17.3 Å². The van der Waals surface area contributed by atoms with Crippen LogP contribution in [0.5, 0.6) is 5.75 Å². The number of nitrogens with zero attached hydrogens (tertiary/aromatic N) is 1. The summed E-state index contributed by atoms with van der Waals surface area (Å²) >= 11 is 5.75. The van der Waals surface area contributed by atoms with Gasteiger partial charge in [-0.15, -0.1) is 0 Å². The number of hydrogen-bond acceptors (Lipinski definition) is 3. The Morgan fingerprint density at radius 2 is 1.95 bits per heavy atom. The summed E-state index contributed by atoms with van der Waals surface area (Å²) in [4.78, 5) is 24.2. The summed E-state index contributed by atoms with van der Waals surface area (Å²) in [6.45, 7) is 3.87. The fourth-order valence-electron chi connectivity index (χ4n) is 1.58. The topological polar surface area (TPSA) is 66.8 Å². The van der Waals surface area contributed by atoms with Crippen LogP contribution in [0.1, 0.15) is 13.8 Å². The number of ether oxygens (including phenoxy) is 1. The number of carboxylic acid groups (broad SMARTS) is 1. The fraction of sp³-hybridized carbons (Fsp3) is 0.429. The van der Waals surface area contributed by atoms with Crippen molar-refractivity contribution in [3.8, 4) is 5.75 Å². The molecule has 0 saturated carbocycles. The molecule has 110 valence electrons. The van der Waals surface area contributed by atoms with Gasteiger partial charge in [0.25, 0.3) is 5.91 Å². The van der Waals surface area contributed by atoms with Crippen molar-refractivity contribution >= 4 is 23.5 Å². The Hall–Kier alpha value is -1.75. The third kappa shape index (κ3) is 5.09. The molecule has 1 amide bonds. The van der Waals surface area contributed by atoms with Gasteiger partial charge in [-0.05, 0) is 31.2 Å². The molecule has 0 aromatic heterocycles. The molecule has 1 aromatic carbocycles. The Morgan fingerprint density at radius 3 is 2.45 bits per heavy atom. The molecule has 0 bridgehead atoms. The van der Waals surface area contributed by atoms with Crippen molar-refractivity contribution in [3.05, 3.63) is 29.3 Å². The first-order valence-corrected chi connectivity index (χ1v) is 6.70. The lowest BCUT2D eigenvalue weighted by atomic mass is 10.1. The molecule has 1 aromatic rings. The molecule has 0 fully saturated rings. The first-order chi connectivity index (χ1) is 9.43. The SMILES string of the molecule is CCN(CC(C)C(=O)O)C(=O)COc1ccc(Cl)cc1. The minimum atomic E-state index is -0.921. The second kappa shape index (κ2) is 7.75. The van der Waals surface area contributed by atoms with Gasteiger partial charge in [0.05, 0.1) is 5.92 Å². The van der Waals surface area contributed by atoms with Gasteiger partial charge in [0.1, 0.15) is 5.75 Å². The van der Waals surface area contributed by atoms with Gasteiger partial charge >= 0.3 is 5.97 Å². The molecule has 0 radical (unpaired) electrons. The summed E-state index contributed by atoms with van der Waals surface area (Å²) in [6, 6.07) is 6.69. The van der Waals surface area contributed by atoms with Crippen molar-refractivity contribution in [2.45, 2.75) is 13.8 Å². The first kappa shape index (κ1) is 16.3. The molecule has 0 aliphatic carbocycles. The maximum Gasteiger partial charge on any atom is 0.308 e. The number of likely N-dealkylation sites (N-methyl/N-ethyl adjacent to an activating group) is 1. The van der Waals surface area contributed by atoms with Crippen LogP contribution in [0.4, 0.5) is 0 Å². The second-order valence-corrected chi connectivity index (χ2v) is 4.85. The van der Waals surface area contributed by atoms with Crippen LogP contribution in [0.3, 0.4) is 0 Å². The van der Waals surface area contributed by atoms with E-state index in [1.807, 2.05) is 0 Å². The molecule has 1 N–H and O–H groups in total. The molecule has 20 heavy (non-hydrogen) atoms. The van der Waals surface area contributed by atoms with Crippen molar-refractivity contribution in [3.63, 3.8) is 0 Å². The molecular formula is C14H18ClNO4. The van der Waals surface area contributed by atoms with Crippen molar-refractivity contribution in [1.29, 1.82) is 0 Å². The molecule has 0 aliphatic rings. The van der Waals surface area contributed by atoms with E-state index in [9.17, 15) is 9.59 Å². The maximum absolute atomic E-state index is 12.0. The average molecular weight is 300 g/mol. The van der Waals surface area contributed by atoms with E-state index in [4.69, 9.17) is 21.4 Å². The summed E-state index contributed by atoms with van der Waals surface area (Å²) < 4.78 is 5.35. The number of amides is 1. The predicted octanol–water partition coefficient (Wildman–Crippen LogP) is 2.29. The van der Waals surface area contributed by atoms with Gasteiger partial charge < -0.3 is 14.7 Å². The lowest BCUT2D eigenvalue weighted by Crippen LogP contribution is -2.39. The number of benzene rings is 1. The van der Waals surface area contributed by atoms with Crippen LogP contribution in [-0.4, -0.2) is 41.6 Å². The molecule has 1 atom stereocenters. The van der Waals surface area contributed by atoms with Crippen LogP contribution >= 0.6 is 11.6 Å². The molecule has 1 rings (SSSR count). The quantitative estimate of drug-likeness (QED) is 0.839. The fourth-order valence-corrected chi connectivity index (χ4v) is 1.71. The van der Waals surface area contributed by atoms with E-state index in [-0.39, 0.29) is 19.1 Å². The number of aliphatic carboxylic acids is 1. The minimum absolute atomic E-state index is 0.123. The maximum atomic E-state index is 12.0. The van der Waals surface area contributed by atoms with E-state index in [1.54, 1.807) is 38.1 Å². The molecule has 0 spiro atoms. The van der Waals surface area contributed by atoms with Crippen molar-refractivity contribution in [2.24, 2.45) is 5.92 Å². The van der Waals surface area contributed by atoms with Crippen molar-refractivity contribution < 1.29 is 19.4 Å². The van der Waals surface area contributed by atoms with Crippen LogP contribution < -0.4 is 4.74 Å². The van der Waals surface area contributed by atoms with Gasteiger partial charge in [-0.1, -0.05) is 18.5 Å². The highest BCUT2D eigenvalue weighted by molar-refractivity contribution is 6.30. The number of rotatable bonds is 7. The molecule has 0 heterocycles. The largest absolute Gasteiger partial charge is 0.484 e. The third-order valence-corrected chi connectivity index (χ3v) is 3.08. The van der Waals surface area contributed by atoms with Crippen LogP contribution in [0.25, 0.3) is 0 Å². The highest BCUT2D eigenvalue weighted by atomic mass is 35.5. The van der Waals surface area contributed by atoms with Crippen LogP contribution in [0.15, 0.2) is 24.3 Å². The highest BCUT2D eigenvalue weighted by Crippen LogP contribution is 2.15. The summed E-state index contributed by atoms with van der Waals surface area (Å²) in [5, 5.41) is 9.45. The van der Waals surface area contributed by atoms with E-state index in [2.05, 4.69) is 0 Å². The van der Waals surface area contributed by atoms with Gasteiger partial charge in [-0.2, -0.15) is 0 Å². The Kier molecular flexibility index (Phi) is 6.31. The molecule has 0 saturated heterocycles. The zero-order valence-electron chi connectivity index (χ0n) is 11.5. The monoisotopic (exact) mass is 299 g/mol. The normalized spacial score (nSPS) is 11.8. The van der Waals surface area contributed by atoms with Gasteiger partial charge in [0.15, 0.2) is 6.61 Å². The van der Waals surface area contributed by atoms with Crippen molar-refractivity contribution in [1.82, 2.24) is 4.90 Å². The van der Waals surface area contributed by atoms with Gasteiger partial charge in [0.2, 0.25) is 0 Å². The summed E-state index contributed by atoms with van der Waals surface area (Å²) in [6.07, 6.45) is 0. The number of carbonyl (C=O) groups excluding carboxylic acids is 1. The zero-order chi connectivity index (χ0) is 15.1. The van der Waals surface area contributed by atoms with E-state index in [0.717, 1.165) is 0 Å². The number of carboxylic acids is 1. The smallest absolute Gasteiger partial charge is 0.308 e. The van der Waals surface area contributed by atoms with Gasteiger partial charge in [0, 0.05) is 18.1 Å². The number of halogens is 1. The van der Waals surface area contributed by atoms with Gasteiger partial charge in [-0.3, -0.25) is 9.59 Å². The van der Waals surface area contributed by atoms with Crippen LogP contribution in [0, 0.1) is 5.92 Å². The van der Waals surface area contributed by atoms with Crippen molar-refractivity contribution in [2.75, 3.05) is 19.7 Å². The van der Waals surface area contributed by atoms with Crippen LogP contribution in [0.2, 0.25) is 5.02 Å². The Labute approximate surface area is 123 Å². The second-order valence-electron chi connectivity index (χ2n) is 4.41. The van der Waals surface area contributed by atoms with E-state index in [1.165, 1.54) is 4.90 Å². The summed E-state index contributed by atoms with van der Waals surface area (Å²) in [7, 11) is 0. The van der Waals surface area contributed by atoms with E-state index < -0.39 is 11.9 Å². The Morgan fingerprint density at radius 1 is 1.35 bits per heavy atom. The molecule has 5 nitrogen and oxygen atoms in total. The molecular weight excluding hydrogens is 282 g/mol. The minimum Gasteiger partial charge on any atom is -0.484 e. The molecule has 0 aliphatic heterocycles. The molecule has 6 heteroatoms. The number of carbonyl (C=O) groups is 2. The summed E-state index contributed by atoms with van der Waals surface area (Å²) in [5.74, 6) is -1.22. The lowest BCUT2D eigenvalue weighted by molar-refractivity contribution is -0.143. The van der Waals surface area contributed by atoms with Gasteiger partial charge in [-0.25, -0.2) is 0 Å². The average Bonchev–Trinajstić information content (AvgIpc) is 2.43. The van der Waals surface area contributed by atoms with Crippen LogP contribution in [-0.2, 0) is 9.59 Å². The lowest BCUT2D eigenvalue weighted by Gasteiger charge is -2.22.